The summed E-state index contributed by atoms with van der Waals surface area (Å²) in [6.45, 7) is 6.71. The summed E-state index contributed by atoms with van der Waals surface area (Å²) in [5.74, 6) is 1.32. The molecule has 0 bridgehead atoms. The van der Waals surface area contributed by atoms with Gasteiger partial charge in [0.2, 0.25) is 0 Å². The third-order valence-electron chi connectivity index (χ3n) is 3.83. The van der Waals surface area contributed by atoms with Gasteiger partial charge in [-0.2, -0.15) is 0 Å². The Balaban J connectivity index is 1.62. The van der Waals surface area contributed by atoms with Crippen molar-refractivity contribution in [3.05, 3.63) is 0 Å². The van der Waals surface area contributed by atoms with Gasteiger partial charge in [0.05, 0.1) is 6.61 Å². The van der Waals surface area contributed by atoms with Gasteiger partial charge in [-0.05, 0) is 50.6 Å². The summed E-state index contributed by atoms with van der Waals surface area (Å²) in [5, 5.41) is 3.33. The zero-order valence-electron chi connectivity index (χ0n) is 10.8. The van der Waals surface area contributed by atoms with E-state index in [1.54, 1.807) is 0 Å². The molecule has 2 unspecified atom stereocenters. The quantitative estimate of drug-likeness (QED) is 0.818. The van der Waals surface area contributed by atoms with Crippen LogP contribution in [0.1, 0.15) is 32.6 Å². The van der Waals surface area contributed by atoms with E-state index in [0.29, 0.717) is 18.4 Å². The Morgan fingerprint density at radius 2 is 2.35 bits per heavy atom. The van der Waals surface area contributed by atoms with Crippen LogP contribution in [0.15, 0.2) is 0 Å². The predicted molar refractivity (Wildman–Crippen MR) is 66.9 cm³/mol. The molecule has 0 spiro atoms. The van der Waals surface area contributed by atoms with Crippen LogP contribution in [0.3, 0.4) is 0 Å². The molecular weight excluding hydrogens is 216 g/mol. The Labute approximate surface area is 104 Å². The van der Waals surface area contributed by atoms with E-state index >= 15 is 0 Å². The first-order valence-electron chi connectivity index (χ1n) is 6.88. The minimum absolute atomic E-state index is 0.109. The molecule has 0 aromatic rings. The zero-order valence-corrected chi connectivity index (χ0v) is 10.8. The molecule has 2 aliphatic rings. The number of carbonyl (C=O) groups excluding carboxylic acids is 1. The van der Waals surface area contributed by atoms with Gasteiger partial charge in [-0.3, -0.25) is 0 Å². The van der Waals surface area contributed by atoms with Crippen LogP contribution in [0.5, 0.6) is 0 Å². The van der Waals surface area contributed by atoms with Gasteiger partial charge in [0.25, 0.3) is 0 Å². The van der Waals surface area contributed by atoms with Crippen molar-refractivity contribution in [2.75, 3.05) is 32.8 Å². The number of likely N-dealkylation sites (tertiary alicyclic amines) is 1. The first-order valence-corrected chi connectivity index (χ1v) is 6.88. The van der Waals surface area contributed by atoms with Crippen LogP contribution in [-0.4, -0.2) is 43.8 Å². The predicted octanol–water partition coefficient (Wildman–Crippen LogP) is 1.85. The number of piperidine rings is 1. The number of nitrogens with zero attached hydrogens (tertiary/aromatic N) is 1. The lowest BCUT2D eigenvalue weighted by Crippen LogP contribution is -2.39. The van der Waals surface area contributed by atoms with Crippen LogP contribution < -0.4 is 5.32 Å². The monoisotopic (exact) mass is 240 g/mol. The van der Waals surface area contributed by atoms with Crippen molar-refractivity contribution in [2.24, 2.45) is 11.8 Å². The molecule has 1 amide bonds. The van der Waals surface area contributed by atoms with Crippen LogP contribution in [0, 0.1) is 11.8 Å². The van der Waals surface area contributed by atoms with Gasteiger partial charge in [-0.1, -0.05) is 6.92 Å². The normalized spacial score (nSPS) is 29.4. The summed E-state index contributed by atoms with van der Waals surface area (Å²) in [5.41, 5.74) is 0. The fraction of sp³-hybridized carbons (Fsp3) is 0.923. The first-order chi connectivity index (χ1) is 8.25. The number of nitrogens with one attached hydrogen (secondary N) is 1. The minimum atomic E-state index is -0.109. The molecule has 0 aromatic heterocycles. The number of carbonyl (C=O) groups is 1. The molecule has 0 aromatic carbocycles. The number of ether oxygens (including phenoxy) is 1. The van der Waals surface area contributed by atoms with Crippen molar-refractivity contribution in [3.63, 3.8) is 0 Å². The Hall–Kier alpha value is -0.770. The highest BCUT2D eigenvalue weighted by atomic mass is 16.6. The molecule has 4 nitrogen and oxygen atoms in total. The van der Waals surface area contributed by atoms with Gasteiger partial charge in [0, 0.05) is 13.1 Å². The van der Waals surface area contributed by atoms with Crippen LogP contribution in [0.25, 0.3) is 0 Å². The summed E-state index contributed by atoms with van der Waals surface area (Å²) in [4.78, 5) is 13.7. The molecule has 0 radical (unpaired) electrons. The third kappa shape index (κ3) is 3.87. The smallest absolute Gasteiger partial charge is 0.409 e. The Bertz CT molecular complexity index is 252. The molecule has 2 rings (SSSR count). The lowest BCUT2D eigenvalue weighted by atomic mass is 10.0. The van der Waals surface area contributed by atoms with Gasteiger partial charge in [0.1, 0.15) is 0 Å². The highest BCUT2D eigenvalue weighted by Crippen LogP contribution is 2.17. The maximum Gasteiger partial charge on any atom is 0.409 e. The lowest BCUT2D eigenvalue weighted by Gasteiger charge is -2.30. The average Bonchev–Trinajstić information content (AvgIpc) is 2.82. The number of rotatable bonds is 3. The lowest BCUT2D eigenvalue weighted by molar-refractivity contribution is 0.0824. The zero-order chi connectivity index (χ0) is 12.1. The van der Waals surface area contributed by atoms with Gasteiger partial charge < -0.3 is 15.0 Å². The molecule has 2 atom stereocenters. The van der Waals surface area contributed by atoms with Gasteiger partial charge >= 0.3 is 6.09 Å². The van der Waals surface area contributed by atoms with Crippen molar-refractivity contribution in [3.8, 4) is 0 Å². The van der Waals surface area contributed by atoms with E-state index in [1.807, 2.05) is 4.90 Å². The molecule has 2 saturated heterocycles. The summed E-state index contributed by atoms with van der Waals surface area (Å²) in [7, 11) is 0. The van der Waals surface area contributed by atoms with E-state index in [4.69, 9.17) is 4.74 Å². The largest absolute Gasteiger partial charge is 0.449 e. The summed E-state index contributed by atoms with van der Waals surface area (Å²) < 4.78 is 5.35. The van der Waals surface area contributed by atoms with E-state index in [9.17, 15) is 4.79 Å². The van der Waals surface area contributed by atoms with E-state index in [0.717, 1.165) is 39.0 Å². The standard InChI is InChI=1S/C13H24N2O2/c1-11-3-2-7-15(10-11)13(16)17-8-5-12-4-6-14-9-12/h11-12,14H,2-10H2,1H3. The van der Waals surface area contributed by atoms with E-state index in [2.05, 4.69) is 12.2 Å². The van der Waals surface area contributed by atoms with Crippen molar-refractivity contribution in [1.82, 2.24) is 10.2 Å². The molecular formula is C13H24N2O2. The SMILES string of the molecule is CC1CCCN(C(=O)OCCC2CCNC2)C1. The summed E-state index contributed by atoms with van der Waals surface area (Å²) >= 11 is 0. The second kappa shape index (κ2) is 6.24. The van der Waals surface area contributed by atoms with Gasteiger partial charge in [-0.15, -0.1) is 0 Å². The van der Waals surface area contributed by atoms with Crippen molar-refractivity contribution in [2.45, 2.75) is 32.6 Å². The number of amides is 1. The maximum atomic E-state index is 11.8. The topological polar surface area (TPSA) is 41.6 Å². The summed E-state index contributed by atoms with van der Waals surface area (Å²) in [6, 6.07) is 0. The number of hydrogen-bond acceptors (Lipinski definition) is 3. The second-order valence-electron chi connectivity index (χ2n) is 5.46. The third-order valence-corrected chi connectivity index (χ3v) is 3.83. The molecule has 2 fully saturated rings. The maximum absolute atomic E-state index is 11.8. The van der Waals surface area contributed by atoms with Crippen molar-refractivity contribution >= 4 is 6.09 Å². The molecule has 2 aliphatic heterocycles. The highest BCUT2D eigenvalue weighted by Gasteiger charge is 2.22. The van der Waals surface area contributed by atoms with Crippen molar-refractivity contribution < 1.29 is 9.53 Å². The molecule has 2 heterocycles. The molecule has 4 heteroatoms. The van der Waals surface area contributed by atoms with Crippen LogP contribution >= 0.6 is 0 Å². The molecule has 0 saturated carbocycles. The first kappa shape index (κ1) is 12.7. The fourth-order valence-corrected chi connectivity index (χ4v) is 2.72. The Morgan fingerprint density at radius 3 is 3.06 bits per heavy atom. The van der Waals surface area contributed by atoms with E-state index in [1.165, 1.54) is 12.8 Å². The highest BCUT2D eigenvalue weighted by molar-refractivity contribution is 5.67. The number of hydrogen-bond donors (Lipinski definition) is 1. The Morgan fingerprint density at radius 1 is 1.47 bits per heavy atom. The summed E-state index contributed by atoms with van der Waals surface area (Å²) in [6.07, 6.45) is 4.46. The van der Waals surface area contributed by atoms with Gasteiger partial charge in [-0.25, -0.2) is 4.79 Å². The molecule has 0 aliphatic carbocycles. The Kier molecular flexibility index (Phi) is 4.66. The van der Waals surface area contributed by atoms with Crippen molar-refractivity contribution in [1.29, 1.82) is 0 Å². The van der Waals surface area contributed by atoms with Gasteiger partial charge in [0.15, 0.2) is 0 Å². The van der Waals surface area contributed by atoms with Crippen LogP contribution in [0.4, 0.5) is 4.79 Å². The average molecular weight is 240 g/mol. The fourth-order valence-electron chi connectivity index (χ4n) is 2.72. The van der Waals surface area contributed by atoms with Crippen LogP contribution in [-0.2, 0) is 4.74 Å². The molecule has 98 valence electrons. The minimum Gasteiger partial charge on any atom is -0.449 e. The van der Waals surface area contributed by atoms with Crippen LogP contribution in [0.2, 0.25) is 0 Å². The second-order valence-corrected chi connectivity index (χ2v) is 5.46. The molecule has 17 heavy (non-hydrogen) atoms. The molecule has 1 N–H and O–H groups in total. The van der Waals surface area contributed by atoms with E-state index < -0.39 is 0 Å². The van der Waals surface area contributed by atoms with E-state index in [-0.39, 0.29) is 6.09 Å².